The number of likely N-dealkylation sites (N-methyl/N-ethyl adjacent to an activating group) is 1. The molecule has 6 N–H and O–H groups in total. The van der Waals surface area contributed by atoms with E-state index in [4.69, 9.17) is 10.5 Å². The summed E-state index contributed by atoms with van der Waals surface area (Å²) in [5, 5.41) is 0. The molecule has 0 radical (unpaired) electrons. The van der Waals surface area contributed by atoms with E-state index in [-0.39, 0.29) is 35.8 Å². The van der Waals surface area contributed by atoms with Crippen molar-refractivity contribution in [1.29, 1.82) is 0 Å². The van der Waals surface area contributed by atoms with E-state index in [2.05, 4.69) is 30.7 Å². The quantitative estimate of drug-likeness (QED) is 0.470. The molecule has 0 atom stereocenters. The van der Waals surface area contributed by atoms with Gasteiger partial charge in [-0.3, -0.25) is 4.99 Å². The minimum absolute atomic E-state index is 0. The van der Waals surface area contributed by atoms with E-state index in [9.17, 15) is 0 Å². The highest BCUT2D eigenvalue weighted by Gasteiger charge is 1.97. The molecule has 1 aromatic carbocycles. The number of halogens is 2. The fourth-order valence-corrected chi connectivity index (χ4v) is 1.99. The van der Waals surface area contributed by atoms with Gasteiger partial charge in [-0.15, -0.1) is 24.8 Å². The predicted octanol–water partition coefficient (Wildman–Crippen LogP) is 2.38. The highest BCUT2D eigenvalue weighted by molar-refractivity contribution is 5.95. The average Bonchev–Trinajstić information content (AvgIpc) is 2.56. The van der Waals surface area contributed by atoms with Crippen molar-refractivity contribution in [2.45, 2.75) is 27.2 Å². The molecule has 0 amide bonds. The first-order chi connectivity index (χ1) is 10.7. The maximum absolute atomic E-state index is 5.91. The Morgan fingerprint density at radius 3 is 2.15 bits per heavy atom. The van der Waals surface area contributed by atoms with Gasteiger partial charge in [-0.05, 0) is 43.3 Å². The Hall–Kier alpha value is -1.31. The first kappa shape index (κ1) is 32.4. The van der Waals surface area contributed by atoms with Gasteiger partial charge in [-0.25, -0.2) is 0 Å². The molecule has 1 aromatic rings. The van der Waals surface area contributed by atoms with Gasteiger partial charge in [-0.2, -0.15) is 0 Å². The van der Waals surface area contributed by atoms with E-state index in [1.165, 1.54) is 0 Å². The zero-order chi connectivity index (χ0) is 16.2. The van der Waals surface area contributed by atoms with Crippen molar-refractivity contribution >= 4 is 36.7 Å². The van der Waals surface area contributed by atoms with Crippen LogP contribution in [0.1, 0.15) is 32.8 Å². The zero-order valence-electron chi connectivity index (χ0n) is 15.9. The minimum Gasteiger partial charge on any atom is -0.494 e. The number of ether oxygens (including phenoxy) is 1. The van der Waals surface area contributed by atoms with E-state index in [0.717, 1.165) is 50.5 Å². The molecule has 0 heterocycles. The van der Waals surface area contributed by atoms with Gasteiger partial charge in [0.15, 0.2) is 0 Å². The van der Waals surface area contributed by atoms with Crippen LogP contribution in [0.5, 0.6) is 5.75 Å². The van der Waals surface area contributed by atoms with Gasteiger partial charge in [0.2, 0.25) is 0 Å². The van der Waals surface area contributed by atoms with Crippen LogP contribution in [0.25, 0.3) is 6.08 Å². The summed E-state index contributed by atoms with van der Waals surface area (Å²) in [6, 6.07) is 7.99. The van der Waals surface area contributed by atoms with Crippen LogP contribution in [-0.4, -0.2) is 54.5 Å². The van der Waals surface area contributed by atoms with Crippen molar-refractivity contribution in [1.82, 2.24) is 4.90 Å². The average molecular weight is 412 g/mol. The topological polar surface area (TPSA) is 114 Å². The molecule has 1 rings (SSSR count). The smallest absolute Gasteiger partial charge is 0.119 e. The summed E-state index contributed by atoms with van der Waals surface area (Å²) in [6.07, 6.45) is 4.84. The Morgan fingerprint density at radius 1 is 1.08 bits per heavy atom. The normalized spacial score (nSPS) is 10.4. The first-order valence-corrected chi connectivity index (χ1v) is 8.12. The molecule has 0 unspecified atom stereocenters. The van der Waals surface area contributed by atoms with Gasteiger partial charge < -0.3 is 26.3 Å². The van der Waals surface area contributed by atoms with Crippen LogP contribution in [0.2, 0.25) is 0 Å². The molecule has 0 aromatic heterocycles. The van der Waals surface area contributed by atoms with Crippen LogP contribution >= 0.6 is 24.8 Å². The lowest BCUT2D eigenvalue weighted by Gasteiger charge is -2.15. The molecule has 0 saturated carbocycles. The maximum Gasteiger partial charge on any atom is 0.119 e. The standard InChI is InChI=1S/C18H29N3O.2ClH.2H2O/c1-4-15-22-17-10-7-16(8-11-17)9-12-18(19)20-13-14-21(5-2)6-3;;;;/h7-12H,4-6,13-15H2,1-3H3,(H2,19,20);2*1H;2*1H2/b12-9+;;;;. The molecule has 6 nitrogen and oxygen atoms in total. The van der Waals surface area contributed by atoms with Gasteiger partial charge in [0, 0.05) is 6.54 Å². The minimum atomic E-state index is 0. The van der Waals surface area contributed by atoms with Crippen LogP contribution in [0, 0.1) is 0 Å². The van der Waals surface area contributed by atoms with Crippen LogP contribution in [0.4, 0.5) is 0 Å². The van der Waals surface area contributed by atoms with Gasteiger partial charge >= 0.3 is 0 Å². The van der Waals surface area contributed by atoms with Crippen LogP contribution in [-0.2, 0) is 0 Å². The monoisotopic (exact) mass is 411 g/mol. The van der Waals surface area contributed by atoms with Crippen molar-refractivity contribution in [3.63, 3.8) is 0 Å². The summed E-state index contributed by atoms with van der Waals surface area (Å²) in [5.41, 5.74) is 6.99. The van der Waals surface area contributed by atoms with Crippen molar-refractivity contribution in [3.8, 4) is 5.75 Å². The molecule has 0 bridgehead atoms. The molecule has 0 saturated heterocycles. The number of amidine groups is 1. The van der Waals surface area contributed by atoms with E-state index >= 15 is 0 Å². The Balaban J connectivity index is -0.000000605. The fourth-order valence-electron chi connectivity index (χ4n) is 1.99. The summed E-state index contributed by atoms with van der Waals surface area (Å²) in [4.78, 5) is 6.70. The Labute approximate surface area is 169 Å². The van der Waals surface area contributed by atoms with E-state index < -0.39 is 0 Å². The SMILES string of the molecule is CCCOc1ccc(/C=C/C(N)=NCCN(CC)CC)cc1.Cl.Cl.O.O. The van der Waals surface area contributed by atoms with Gasteiger partial charge in [0.05, 0.1) is 13.2 Å². The second-order valence-electron chi connectivity index (χ2n) is 5.08. The van der Waals surface area contributed by atoms with Gasteiger partial charge in [-0.1, -0.05) is 39.0 Å². The van der Waals surface area contributed by atoms with Crippen molar-refractivity contribution in [3.05, 3.63) is 35.9 Å². The number of rotatable bonds is 10. The highest BCUT2D eigenvalue weighted by Crippen LogP contribution is 2.13. The Morgan fingerprint density at radius 2 is 1.65 bits per heavy atom. The second-order valence-corrected chi connectivity index (χ2v) is 5.08. The number of aliphatic imine (C=N–C) groups is 1. The lowest BCUT2D eigenvalue weighted by atomic mass is 10.2. The third-order valence-corrected chi connectivity index (χ3v) is 3.40. The summed E-state index contributed by atoms with van der Waals surface area (Å²) in [6.45, 7) is 10.9. The van der Waals surface area contributed by atoms with Crippen LogP contribution in [0.3, 0.4) is 0 Å². The number of nitrogens with two attached hydrogens (primary N) is 1. The Bertz CT molecular complexity index is 479. The van der Waals surface area contributed by atoms with Crippen molar-refractivity contribution < 1.29 is 15.7 Å². The van der Waals surface area contributed by atoms with Gasteiger partial charge in [0.1, 0.15) is 11.6 Å². The second kappa shape index (κ2) is 20.0. The zero-order valence-corrected chi connectivity index (χ0v) is 17.5. The molecule has 0 aliphatic carbocycles. The fraction of sp³-hybridized carbons (Fsp3) is 0.500. The van der Waals surface area contributed by atoms with Crippen molar-refractivity contribution in [2.75, 3.05) is 32.8 Å². The molecule has 154 valence electrons. The maximum atomic E-state index is 5.91. The summed E-state index contributed by atoms with van der Waals surface area (Å²) in [5.74, 6) is 1.47. The summed E-state index contributed by atoms with van der Waals surface area (Å²) < 4.78 is 5.56. The van der Waals surface area contributed by atoms with E-state index in [1.807, 2.05) is 36.4 Å². The first-order valence-electron chi connectivity index (χ1n) is 8.12. The molecular formula is C18H35Cl2N3O3. The van der Waals surface area contributed by atoms with E-state index in [1.54, 1.807) is 0 Å². The van der Waals surface area contributed by atoms with Crippen molar-refractivity contribution in [2.24, 2.45) is 10.7 Å². The highest BCUT2D eigenvalue weighted by atomic mass is 35.5. The molecular weight excluding hydrogens is 377 g/mol. The van der Waals surface area contributed by atoms with Gasteiger partial charge in [0.25, 0.3) is 0 Å². The molecule has 0 spiro atoms. The largest absolute Gasteiger partial charge is 0.494 e. The molecule has 0 aliphatic heterocycles. The number of hydrogen-bond donors (Lipinski definition) is 1. The predicted molar refractivity (Wildman–Crippen MR) is 117 cm³/mol. The lowest BCUT2D eigenvalue weighted by Crippen LogP contribution is -2.26. The molecule has 0 aliphatic rings. The summed E-state index contributed by atoms with van der Waals surface area (Å²) >= 11 is 0. The third-order valence-electron chi connectivity index (χ3n) is 3.40. The van der Waals surface area contributed by atoms with Crippen LogP contribution < -0.4 is 10.5 Å². The molecule has 8 heteroatoms. The third kappa shape index (κ3) is 13.9. The summed E-state index contributed by atoms with van der Waals surface area (Å²) in [7, 11) is 0. The molecule has 0 fully saturated rings. The van der Waals surface area contributed by atoms with E-state index in [0.29, 0.717) is 5.84 Å². The Kier molecular flexibility index (Phi) is 24.9. The lowest BCUT2D eigenvalue weighted by molar-refractivity contribution is 0.313. The molecule has 26 heavy (non-hydrogen) atoms. The number of nitrogens with zero attached hydrogens (tertiary/aromatic N) is 2. The number of benzene rings is 1. The number of hydrogen-bond acceptors (Lipinski definition) is 3. The van der Waals surface area contributed by atoms with Crippen LogP contribution in [0.15, 0.2) is 35.3 Å².